The van der Waals surface area contributed by atoms with Crippen LogP contribution in [0.5, 0.6) is 0 Å². The lowest BCUT2D eigenvalue weighted by Crippen LogP contribution is -2.41. The van der Waals surface area contributed by atoms with Gasteiger partial charge in [-0.05, 0) is 6.42 Å². The van der Waals surface area contributed by atoms with Crippen LogP contribution in [0.25, 0.3) is 0 Å². The zero-order valence-electron chi connectivity index (χ0n) is 12.1. The van der Waals surface area contributed by atoms with Gasteiger partial charge in [0, 0.05) is 30.8 Å². The molecule has 0 fully saturated rings. The summed E-state index contributed by atoms with van der Waals surface area (Å²) < 4.78 is 5.25. The molecule has 9 heteroatoms. The highest BCUT2D eigenvalue weighted by atomic mass is 16.5. The van der Waals surface area contributed by atoms with E-state index in [0.717, 1.165) is 34.1 Å². The summed E-state index contributed by atoms with van der Waals surface area (Å²) in [4.78, 5) is 48.0. The fourth-order valence-corrected chi connectivity index (χ4v) is 2.19. The van der Waals surface area contributed by atoms with Gasteiger partial charge in [-0.2, -0.15) is 0 Å². The molecule has 0 radical (unpaired) electrons. The van der Waals surface area contributed by atoms with Gasteiger partial charge in [-0.3, -0.25) is 29.0 Å². The number of aliphatic hydroxyl groups excluding tert-OH is 1. The van der Waals surface area contributed by atoms with Crippen molar-refractivity contribution in [2.24, 2.45) is 0 Å². The monoisotopic (exact) mass is 324 g/mol. The van der Waals surface area contributed by atoms with E-state index in [1.54, 1.807) is 0 Å². The van der Waals surface area contributed by atoms with E-state index in [2.05, 4.69) is 0 Å². The molecule has 1 atom stereocenters. The molecule has 0 aliphatic carbocycles. The van der Waals surface area contributed by atoms with Crippen molar-refractivity contribution in [3.63, 3.8) is 0 Å². The number of imide groups is 2. The molecule has 2 heterocycles. The topological polar surface area (TPSA) is 124 Å². The second-order valence-corrected chi connectivity index (χ2v) is 5.01. The molecule has 0 aromatic carbocycles. The summed E-state index contributed by atoms with van der Waals surface area (Å²) in [5.41, 5.74) is 0. The van der Waals surface area contributed by atoms with E-state index in [9.17, 15) is 19.2 Å². The average Bonchev–Trinajstić information content (AvgIpc) is 2.98. The molecule has 2 N–H and O–H groups in total. The number of ether oxygens (including phenoxy) is 1. The molecule has 124 valence electrons. The molecule has 2 rings (SSSR count). The highest BCUT2D eigenvalue weighted by Crippen LogP contribution is 2.12. The van der Waals surface area contributed by atoms with Crippen LogP contribution in [0.4, 0.5) is 0 Å². The van der Waals surface area contributed by atoms with E-state index in [4.69, 9.17) is 14.9 Å². The Hall–Kier alpha value is -2.36. The summed E-state index contributed by atoms with van der Waals surface area (Å²) in [7, 11) is 0. The zero-order chi connectivity index (χ0) is 17.0. The smallest absolute Gasteiger partial charge is 0.253 e. The van der Waals surface area contributed by atoms with Crippen LogP contribution in [0.15, 0.2) is 24.3 Å². The van der Waals surface area contributed by atoms with Crippen molar-refractivity contribution in [2.45, 2.75) is 18.8 Å². The van der Waals surface area contributed by atoms with Crippen molar-refractivity contribution in [1.29, 1.82) is 0 Å². The first kappa shape index (κ1) is 17.0. The highest BCUT2D eigenvalue weighted by molar-refractivity contribution is 6.13. The molecule has 2 aliphatic heterocycles. The molecule has 2 aliphatic rings. The molecular weight excluding hydrogens is 308 g/mol. The first-order chi connectivity index (χ1) is 10.9. The van der Waals surface area contributed by atoms with Gasteiger partial charge in [-0.15, -0.1) is 0 Å². The first-order valence-corrected chi connectivity index (χ1v) is 6.93. The molecule has 0 aromatic heterocycles. The lowest BCUT2D eigenvalue weighted by molar-refractivity contribution is -0.145. The van der Waals surface area contributed by atoms with Crippen LogP contribution in [0.1, 0.15) is 6.42 Å². The predicted molar refractivity (Wildman–Crippen MR) is 74.3 cm³/mol. The summed E-state index contributed by atoms with van der Waals surface area (Å²) in [6, 6.07) is 0. The van der Waals surface area contributed by atoms with Gasteiger partial charge in [-0.1, -0.05) is 0 Å². The van der Waals surface area contributed by atoms with Crippen LogP contribution in [0.3, 0.4) is 0 Å². The number of carbonyl (C=O) groups is 4. The molecule has 1 unspecified atom stereocenters. The Kier molecular flexibility index (Phi) is 5.37. The summed E-state index contributed by atoms with van der Waals surface area (Å²) >= 11 is 0. The zero-order valence-corrected chi connectivity index (χ0v) is 12.1. The summed E-state index contributed by atoms with van der Waals surface area (Å²) in [6.45, 7) is -0.504. The maximum Gasteiger partial charge on any atom is 0.253 e. The number of carbonyl (C=O) groups excluding carboxylic acids is 4. The normalized spacial score (nSPS) is 18.9. The average molecular weight is 324 g/mol. The maximum absolute atomic E-state index is 11.6. The number of aliphatic hydroxyl groups is 2. The Morgan fingerprint density at radius 3 is 1.83 bits per heavy atom. The molecule has 0 spiro atoms. The van der Waals surface area contributed by atoms with Crippen molar-refractivity contribution in [3.8, 4) is 0 Å². The van der Waals surface area contributed by atoms with Gasteiger partial charge < -0.3 is 14.9 Å². The van der Waals surface area contributed by atoms with Gasteiger partial charge in [0.2, 0.25) is 0 Å². The van der Waals surface area contributed by atoms with Crippen molar-refractivity contribution in [3.05, 3.63) is 24.3 Å². The minimum Gasteiger partial charge on any atom is -0.371 e. The summed E-state index contributed by atoms with van der Waals surface area (Å²) in [6.07, 6.45) is 2.22. The summed E-state index contributed by atoms with van der Waals surface area (Å²) in [5.74, 6) is -1.90. The Bertz CT molecular complexity index is 546. The lowest BCUT2D eigenvalue weighted by Gasteiger charge is -2.25. The van der Waals surface area contributed by atoms with Crippen molar-refractivity contribution >= 4 is 23.6 Å². The number of hydrogen-bond donors (Lipinski definition) is 2. The van der Waals surface area contributed by atoms with E-state index in [0.29, 0.717) is 0 Å². The van der Waals surface area contributed by atoms with Crippen molar-refractivity contribution < 1.29 is 34.1 Å². The van der Waals surface area contributed by atoms with Crippen LogP contribution in [-0.4, -0.2) is 75.7 Å². The Labute approximate surface area is 131 Å². The van der Waals surface area contributed by atoms with E-state index in [1.165, 1.54) is 0 Å². The largest absolute Gasteiger partial charge is 0.371 e. The van der Waals surface area contributed by atoms with Gasteiger partial charge in [-0.25, -0.2) is 0 Å². The SMILES string of the molecule is O=C1C=CC(=O)N1CCC(CN1C(=O)C=CC1=O)OCC(O)O. The Morgan fingerprint density at radius 2 is 1.35 bits per heavy atom. The molecule has 9 nitrogen and oxygen atoms in total. The Morgan fingerprint density at radius 1 is 0.870 bits per heavy atom. The minimum absolute atomic E-state index is 0.0283. The molecule has 4 amide bonds. The fourth-order valence-electron chi connectivity index (χ4n) is 2.19. The number of nitrogens with zero attached hydrogens (tertiary/aromatic N) is 2. The molecular formula is C14H16N2O7. The lowest BCUT2D eigenvalue weighted by atomic mass is 10.2. The summed E-state index contributed by atoms with van der Waals surface area (Å²) in [5, 5.41) is 17.7. The number of amides is 4. The van der Waals surface area contributed by atoms with Gasteiger partial charge >= 0.3 is 0 Å². The number of rotatable bonds is 8. The molecule has 0 aromatic rings. The van der Waals surface area contributed by atoms with Crippen LogP contribution in [0, 0.1) is 0 Å². The van der Waals surface area contributed by atoms with Gasteiger partial charge in [0.25, 0.3) is 23.6 Å². The Balaban J connectivity index is 1.94. The third-order valence-electron chi connectivity index (χ3n) is 3.34. The fraction of sp³-hybridized carbons (Fsp3) is 0.429. The molecule has 0 bridgehead atoms. The van der Waals surface area contributed by atoms with E-state index < -0.39 is 42.6 Å². The van der Waals surface area contributed by atoms with Crippen LogP contribution in [0.2, 0.25) is 0 Å². The van der Waals surface area contributed by atoms with Crippen LogP contribution in [-0.2, 0) is 23.9 Å². The number of hydrogen-bond acceptors (Lipinski definition) is 7. The van der Waals surface area contributed by atoms with Gasteiger partial charge in [0.15, 0.2) is 6.29 Å². The van der Waals surface area contributed by atoms with Crippen molar-refractivity contribution in [1.82, 2.24) is 9.80 Å². The third kappa shape index (κ3) is 4.31. The second-order valence-electron chi connectivity index (χ2n) is 5.01. The standard InChI is InChI=1S/C14H16N2O7/c17-10-1-2-11(18)15(10)6-5-9(23-8-14(21)22)7-16-12(19)3-4-13(16)20/h1-4,9,14,21-22H,5-8H2. The molecule has 0 saturated heterocycles. The maximum atomic E-state index is 11.6. The van der Waals surface area contributed by atoms with E-state index in [1.807, 2.05) is 0 Å². The van der Waals surface area contributed by atoms with E-state index >= 15 is 0 Å². The molecule has 23 heavy (non-hydrogen) atoms. The second kappa shape index (κ2) is 7.27. The van der Waals surface area contributed by atoms with Crippen molar-refractivity contribution in [2.75, 3.05) is 19.7 Å². The van der Waals surface area contributed by atoms with Crippen LogP contribution < -0.4 is 0 Å². The minimum atomic E-state index is -1.71. The van der Waals surface area contributed by atoms with Gasteiger partial charge in [0.1, 0.15) is 0 Å². The quantitative estimate of drug-likeness (QED) is 0.388. The third-order valence-corrected chi connectivity index (χ3v) is 3.34. The highest BCUT2D eigenvalue weighted by Gasteiger charge is 2.29. The van der Waals surface area contributed by atoms with Crippen LogP contribution >= 0.6 is 0 Å². The predicted octanol–water partition coefficient (Wildman–Crippen LogP) is -2.08. The molecule has 0 saturated carbocycles. The van der Waals surface area contributed by atoms with E-state index in [-0.39, 0.29) is 19.5 Å². The first-order valence-electron chi connectivity index (χ1n) is 6.93. The van der Waals surface area contributed by atoms with Gasteiger partial charge in [0.05, 0.1) is 19.3 Å².